The van der Waals surface area contributed by atoms with Gasteiger partial charge >= 0.3 is 12.2 Å². The number of anilines is 1. The zero-order chi connectivity index (χ0) is 14.9. The Morgan fingerprint density at radius 2 is 2.20 bits per heavy atom. The molecule has 0 N–H and O–H groups in total. The predicted octanol–water partition coefficient (Wildman–Crippen LogP) is 2.68. The van der Waals surface area contributed by atoms with Crippen LogP contribution in [-0.2, 0) is 11.0 Å². The van der Waals surface area contributed by atoms with Crippen LogP contribution in [0, 0.1) is 0 Å². The van der Waals surface area contributed by atoms with Gasteiger partial charge in [0.05, 0.1) is 24.8 Å². The van der Waals surface area contributed by atoms with Crippen LogP contribution in [-0.4, -0.2) is 35.3 Å². The predicted molar refractivity (Wildman–Crippen MR) is 64.9 cm³/mol. The summed E-state index contributed by atoms with van der Waals surface area (Å²) >= 11 is 0. The summed E-state index contributed by atoms with van der Waals surface area (Å²) in [4.78, 5) is 22.3. The van der Waals surface area contributed by atoms with Crippen LogP contribution < -0.4 is 4.90 Å². The van der Waals surface area contributed by atoms with E-state index in [0.29, 0.717) is 6.61 Å². The van der Waals surface area contributed by atoms with E-state index in [4.69, 9.17) is 4.84 Å². The standard InChI is InChI=1S/C12H14F3N3O2/c1-3-20-18-8(2)7-17(11(18)19)10-6-9(4-5-16-10)12(13,14)15/h4-6,8H,3,7H2,1-2H3. The van der Waals surface area contributed by atoms with Gasteiger partial charge in [0.25, 0.3) is 0 Å². The maximum atomic E-state index is 12.7. The number of hydrogen-bond acceptors (Lipinski definition) is 3. The van der Waals surface area contributed by atoms with Gasteiger partial charge in [-0.1, -0.05) is 0 Å². The van der Waals surface area contributed by atoms with Gasteiger partial charge in [-0.25, -0.2) is 9.78 Å². The van der Waals surface area contributed by atoms with Crippen molar-refractivity contribution in [3.8, 4) is 0 Å². The van der Waals surface area contributed by atoms with Gasteiger partial charge in [-0.2, -0.15) is 18.2 Å². The summed E-state index contributed by atoms with van der Waals surface area (Å²) in [5.74, 6) is -0.0288. The van der Waals surface area contributed by atoms with Crippen LogP contribution in [0.25, 0.3) is 0 Å². The molecule has 8 heteroatoms. The summed E-state index contributed by atoms with van der Waals surface area (Å²) in [6.07, 6.45) is -3.43. The number of rotatable bonds is 3. The molecule has 1 saturated heterocycles. The Hall–Kier alpha value is -1.83. The molecule has 0 saturated carbocycles. The Morgan fingerprint density at radius 3 is 2.80 bits per heavy atom. The van der Waals surface area contributed by atoms with Gasteiger partial charge in [0.2, 0.25) is 0 Å². The summed E-state index contributed by atoms with van der Waals surface area (Å²) in [6, 6.07) is 0.971. The van der Waals surface area contributed by atoms with Crippen molar-refractivity contribution < 1.29 is 22.8 Å². The maximum Gasteiger partial charge on any atom is 0.416 e. The van der Waals surface area contributed by atoms with Crippen LogP contribution in [0.15, 0.2) is 18.3 Å². The molecule has 1 fully saturated rings. The number of carbonyl (C=O) groups excluding carboxylic acids is 1. The van der Waals surface area contributed by atoms with Gasteiger partial charge in [-0.15, -0.1) is 0 Å². The molecule has 0 aromatic carbocycles. The van der Waals surface area contributed by atoms with E-state index >= 15 is 0 Å². The number of nitrogens with zero attached hydrogens (tertiary/aromatic N) is 3. The molecule has 0 radical (unpaired) electrons. The highest BCUT2D eigenvalue weighted by atomic mass is 19.4. The lowest BCUT2D eigenvalue weighted by atomic mass is 10.2. The fourth-order valence-corrected chi connectivity index (χ4v) is 1.98. The molecule has 1 aromatic heterocycles. The van der Waals surface area contributed by atoms with E-state index in [1.807, 2.05) is 0 Å². The minimum absolute atomic E-state index is 0.0288. The summed E-state index contributed by atoms with van der Waals surface area (Å²) in [7, 11) is 0. The average Bonchev–Trinajstić information content (AvgIpc) is 2.66. The highest BCUT2D eigenvalue weighted by Crippen LogP contribution is 2.32. The fraction of sp³-hybridized carbons (Fsp3) is 0.500. The highest BCUT2D eigenvalue weighted by molar-refractivity contribution is 5.92. The Kier molecular flexibility index (Phi) is 3.85. The molecule has 110 valence electrons. The van der Waals surface area contributed by atoms with E-state index in [-0.39, 0.29) is 18.4 Å². The van der Waals surface area contributed by atoms with E-state index in [1.165, 1.54) is 4.90 Å². The molecule has 1 unspecified atom stereocenters. The lowest BCUT2D eigenvalue weighted by molar-refractivity contribution is -0.137. The molecule has 1 aliphatic heterocycles. The molecule has 5 nitrogen and oxygen atoms in total. The average molecular weight is 289 g/mol. The minimum Gasteiger partial charge on any atom is -0.274 e. The van der Waals surface area contributed by atoms with Gasteiger partial charge in [0, 0.05) is 6.20 Å². The number of pyridine rings is 1. The fourth-order valence-electron chi connectivity index (χ4n) is 1.98. The van der Waals surface area contributed by atoms with Gasteiger partial charge in [0.1, 0.15) is 5.82 Å². The second-order valence-corrected chi connectivity index (χ2v) is 4.39. The van der Waals surface area contributed by atoms with Gasteiger partial charge in [-0.3, -0.25) is 9.74 Å². The Morgan fingerprint density at radius 1 is 1.50 bits per heavy atom. The molecule has 2 amide bonds. The first-order valence-electron chi connectivity index (χ1n) is 6.11. The van der Waals surface area contributed by atoms with E-state index in [9.17, 15) is 18.0 Å². The lowest BCUT2D eigenvalue weighted by Gasteiger charge is -2.19. The molecule has 0 spiro atoms. The van der Waals surface area contributed by atoms with Crippen molar-refractivity contribution in [1.29, 1.82) is 0 Å². The number of hydroxylamine groups is 2. The number of halogens is 3. The molecule has 1 atom stereocenters. The number of aromatic nitrogens is 1. The summed E-state index contributed by atoms with van der Waals surface area (Å²) in [6.45, 7) is 4.01. The molecule has 2 heterocycles. The van der Waals surface area contributed by atoms with Crippen molar-refractivity contribution in [2.24, 2.45) is 0 Å². The normalized spacial score (nSPS) is 19.9. The van der Waals surface area contributed by atoms with Crippen molar-refractivity contribution in [1.82, 2.24) is 10.0 Å². The smallest absolute Gasteiger partial charge is 0.274 e. The zero-order valence-corrected chi connectivity index (χ0v) is 11.0. The van der Waals surface area contributed by atoms with Gasteiger partial charge in [-0.05, 0) is 26.0 Å². The maximum absolute atomic E-state index is 12.7. The Bertz CT molecular complexity index is 507. The molecular formula is C12H14F3N3O2. The molecule has 0 bridgehead atoms. The molecule has 20 heavy (non-hydrogen) atoms. The van der Waals surface area contributed by atoms with Crippen LogP contribution >= 0.6 is 0 Å². The second-order valence-electron chi connectivity index (χ2n) is 4.39. The SMILES string of the molecule is CCON1C(=O)N(c2cc(C(F)(F)F)ccn2)CC1C. The minimum atomic E-state index is -4.47. The number of urea groups is 1. The van der Waals surface area contributed by atoms with Crippen LogP contribution in [0.1, 0.15) is 19.4 Å². The summed E-state index contributed by atoms with van der Waals surface area (Å²) < 4.78 is 38.0. The quantitative estimate of drug-likeness (QED) is 0.859. The molecular weight excluding hydrogens is 275 g/mol. The van der Waals surface area contributed by atoms with E-state index in [2.05, 4.69) is 4.98 Å². The molecule has 2 rings (SSSR count). The van der Waals surface area contributed by atoms with Gasteiger partial charge in [0.15, 0.2) is 0 Å². The first kappa shape index (κ1) is 14.6. The summed E-state index contributed by atoms with van der Waals surface area (Å²) in [5.41, 5.74) is -0.835. The molecule has 1 aliphatic rings. The van der Waals surface area contributed by atoms with Crippen LogP contribution in [0.4, 0.5) is 23.8 Å². The van der Waals surface area contributed by atoms with Crippen molar-refractivity contribution >= 4 is 11.8 Å². The number of carbonyl (C=O) groups is 1. The number of alkyl halides is 3. The van der Waals surface area contributed by atoms with E-state index in [0.717, 1.165) is 23.4 Å². The monoisotopic (exact) mass is 289 g/mol. The lowest BCUT2D eigenvalue weighted by Crippen LogP contribution is -2.34. The van der Waals surface area contributed by atoms with E-state index in [1.54, 1.807) is 13.8 Å². The van der Waals surface area contributed by atoms with E-state index < -0.39 is 17.8 Å². The first-order chi connectivity index (χ1) is 9.34. The van der Waals surface area contributed by atoms with Crippen LogP contribution in [0.5, 0.6) is 0 Å². The van der Waals surface area contributed by atoms with Crippen LogP contribution in [0.2, 0.25) is 0 Å². The van der Waals surface area contributed by atoms with Gasteiger partial charge < -0.3 is 0 Å². The Balaban J connectivity index is 2.27. The zero-order valence-electron chi connectivity index (χ0n) is 11.0. The second kappa shape index (κ2) is 5.28. The third-order valence-electron chi connectivity index (χ3n) is 2.88. The molecule has 0 aliphatic carbocycles. The van der Waals surface area contributed by atoms with Crippen molar-refractivity contribution in [3.05, 3.63) is 23.9 Å². The third-order valence-corrected chi connectivity index (χ3v) is 2.88. The number of amides is 2. The molecule has 1 aromatic rings. The largest absolute Gasteiger partial charge is 0.416 e. The first-order valence-corrected chi connectivity index (χ1v) is 6.11. The van der Waals surface area contributed by atoms with Crippen molar-refractivity contribution in [2.75, 3.05) is 18.1 Å². The summed E-state index contributed by atoms with van der Waals surface area (Å²) in [5, 5.41) is 1.15. The Labute approximate surface area is 113 Å². The van der Waals surface area contributed by atoms with Crippen molar-refractivity contribution in [2.45, 2.75) is 26.1 Å². The topological polar surface area (TPSA) is 45.7 Å². The van der Waals surface area contributed by atoms with Crippen LogP contribution in [0.3, 0.4) is 0 Å². The number of hydrogen-bond donors (Lipinski definition) is 0. The third kappa shape index (κ3) is 2.69. The van der Waals surface area contributed by atoms with Crippen molar-refractivity contribution in [3.63, 3.8) is 0 Å². The highest BCUT2D eigenvalue weighted by Gasteiger charge is 2.38.